The zero-order chi connectivity index (χ0) is 15.4. The molecule has 1 atom stereocenters. The molecule has 1 unspecified atom stereocenters. The summed E-state index contributed by atoms with van der Waals surface area (Å²) in [7, 11) is 3.55. The SMILES string of the molecule is COc1c(CN2CCCCC2CCC(=O)O)c(C)nn1C. The first-order chi connectivity index (χ1) is 10.0. The van der Waals surface area contributed by atoms with E-state index >= 15 is 0 Å². The van der Waals surface area contributed by atoms with Crippen molar-refractivity contribution >= 4 is 5.97 Å². The van der Waals surface area contributed by atoms with E-state index in [-0.39, 0.29) is 6.42 Å². The largest absolute Gasteiger partial charge is 0.481 e. The van der Waals surface area contributed by atoms with Gasteiger partial charge < -0.3 is 9.84 Å². The number of aryl methyl sites for hydroxylation is 2. The summed E-state index contributed by atoms with van der Waals surface area (Å²) in [4.78, 5) is 13.2. The maximum Gasteiger partial charge on any atom is 0.303 e. The number of hydrogen-bond acceptors (Lipinski definition) is 4. The molecule has 1 saturated heterocycles. The molecule has 1 aromatic heterocycles. The van der Waals surface area contributed by atoms with Gasteiger partial charge in [0.1, 0.15) is 0 Å². The number of rotatable bonds is 6. The molecular formula is C15H25N3O3. The molecule has 21 heavy (non-hydrogen) atoms. The number of methoxy groups -OCH3 is 1. The molecule has 6 nitrogen and oxygen atoms in total. The van der Waals surface area contributed by atoms with Crippen LogP contribution in [0.25, 0.3) is 0 Å². The molecule has 2 heterocycles. The van der Waals surface area contributed by atoms with E-state index in [1.54, 1.807) is 11.8 Å². The first kappa shape index (κ1) is 15.8. The summed E-state index contributed by atoms with van der Waals surface area (Å²) in [5.74, 6) is 0.0886. The summed E-state index contributed by atoms with van der Waals surface area (Å²) in [5, 5.41) is 13.3. The number of aliphatic carboxylic acids is 1. The van der Waals surface area contributed by atoms with Gasteiger partial charge in [-0.25, -0.2) is 4.68 Å². The van der Waals surface area contributed by atoms with E-state index in [4.69, 9.17) is 9.84 Å². The monoisotopic (exact) mass is 295 g/mol. The molecular weight excluding hydrogens is 270 g/mol. The summed E-state index contributed by atoms with van der Waals surface area (Å²) in [5.41, 5.74) is 2.10. The van der Waals surface area contributed by atoms with E-state index in [0.29, 0.717) is 6.04 Å². The van der Waals surface area contributed by atoms with Crippen molar-refractivity contribution in [3.05, 3.63) is 11.3 Å². The number of carboxylic acids is 1. The fraction of sp³-hybridized carbons (Fsp3) is 0.733. The van der Waals surface area contributed by atoms with Crippen LogP contribution < -0.4 is 4.74 Å². The van der Waals surface area contributed by atoms with Crippen molar-refractivity contribution in [3.63, 3.8) is 0 Å². The molecule has 0 aliphatic carbocycles. The van der Waals surface area contributed by atoms with Gasteiger partial charge in [0.25, 0.3) is 0 Å². The van der Waals surface area contributed by atoms with Gasteiger partial charge in [0.15, 0.2) is 0 Å². The van der Waals surface area contributed by atoms with Crippen molar-refractivity contribution in [2.24, 2.45) is 7.05 Å². The molecule has 1 aliphatic heterocycles. The summed E-state index contributed by atoms with van der Waals surface area (Å²) in [6.07, 6.45) is 4.39. The van der Waals surface area contributed by atoms with Crippen LogP contribution in [0.2, 0.25) is 0 Å². The highest BCUT2D eigenvalue weighted by Crippen LogP contribution is 2.28. The van der Waals surface area contributed by atoms with Crippen molar-refractivity contribution in [2.45, 2.75) is 51.6 Å². The van der Waals surface area contributed by atoms with E-state index in [1.165, 1.54) is 12.8 Å². The number of likely N-dealkylation sites (tertiary alicyclic amines) is 1. The number of piperidine rings is 1. The zero-order valence-electron chi connectivity index (χ0n) is 13.1. The van der Waals surface area contributed by atoms with Crippen LogP contribution in [0.4, 0.5) is 0 Å². The predicted molar refractivity (Wildman–Crippen MR) is 79.4 cm³/mol. The predicted octanol–water partition coefficient (Wildman–Crippen LogP) is 1.96. The van der Waals surface area contributed by atoms with Gasteiger partial charge in [0, 0.05) is 26.1 Å². The third kappa shape index (κ3) is 3.75. The summed E-state index contributed by atoms with van der Waals surface area (Å²) in [6.45, 7) is 3.79. The number of aromatic nitrogens is 2. The number of nitrogens with zero attached hydrogens (tertiary/aromatic N) is 3. The molecule has 0 aromatic carbocycles. The minimum atomic E-state index is -0.712. The molecule has 0 amide bonds. The topological polar surface area (TPSA) is 67.6 Å². The van der Waals surface area contributed by atoms with Crippen molar-refractivity contribution in [1.29, 1.82) is 0 Å². The molecule has 1 aliphatic rings. The van der Waals surface area contributed by atoms with Crippen LogP contribution in [0.3, 0.4) is 0 Å². The second-order valence-corrected chi connectivity index (χ2v) is 5.75. The molecule has 0 bridgehead atoms. The highest BCUT2D eigenvalue weighted by molar-refractivity contribution is 5.66. The molecule has 1 N–H and O–H groups in total. The quantitative estimate of drug-likeness (QED) is 0.869. The second kappa shape index (κ2) is 6.93. The number of ether oxygens (including phenoxy) is 1. The number of carboxylic acid groups (broad SMARTS) is 1. The Morgan fingerprint density at radius 2 is 2.24 bits per heavy atom. The Labute approximate surface area is 125 Å². The molecule has 0 saturated carbocycles. The Kier molecular flexibility index (Phi) is 5.22. The molecule has 0 radical (unpaired) electrons. The van der Waals surface area contributed by atoms with Gasteiger partial charge in [0.05, 0.1) is 18.4 Å². The lowest BCUT2D eigenvalue weighted by atomic mass is 9.97. The highest BCUT2D eigenvalue weighted by Gasteiger charge is 2.26. The molecule has 2 rings (SSSR count). The van der Waals surface area contributed by atoms with Gasteiger partial charge in [0.2, 0.25) is 5.88 Å². The third-order valence-electron chi connectivity index (χ3n) is 4.28. The molecule has 1 fully saturated rings. The summed E-state index contributed by atoms with van der Waals surface area (Å²) >= 11 is 0. The smallest absolute Gasteiger partial charge is 0.303 e. The number of carbonyl (C=O) groups is 1. The maximum atomic E-state index is 10.8. The highest BCUT2D eigenvalue weighted by atomic mass is 16.5. The Morgan fingerprint density at radius 1 is 1.48 bits per heavy atom. The van der Waals surface area contributed by atoms with Crippen LogP contribution in [0, 0.1) is 6.92 Å². The van der Waals surface area contributed by atoms with Gasteiger partial charge in [-0.2, -0.15) is 5.10 Å². The third-order valence-corrected chi connectivity index (χ3v) is 4.28. The van der Waals surface area contributed by atoms with Crippen molar-refractivity contribution in [1.82, 2.24) is 14.7 Å². The van der Waals surface area contributed by atoms with Crippen LogP contribution in [0.15, 0.2) is 0 Å². The Bertz CT molecular complexity index is 499. The first-order valence-corrected chi connectivity index (χ1v) is 7.55. The standard InChI is InChI=1S/C15H25N3O3/c1-11-13(15(21-3)17(2)16-11)10-18-9-5-4-6-12(18)7-8-14(19)20/h12H,4-10H2,1-3H3,(H,19,20). The van der Waals surface area contributed by atoms with Crippen LogP contribution in [0.1, 0.15) is 43.4 Å². The van der Waals surface area contributed by atoms with Gasteiger partial charge in [-0.3, -0.25) is 9.69 Å². The average Bonchev–Trinajstić information content (AvgIpc) is 2.71. The van der Waals surface area contributed by atoms with Crippen LogP contribution in [-0.4, -0.2) is 45.5 Å². The lowest BCUT2D eigenvalue weighted by Gasteiger charge is -2.35. The van der Waals surface area contributed by atoms with E-state index in [1.807, 2.05) is 14.0 Å². The molecule has 118 valence electrons. The molecule has 6 heteroatoms. The fourth-order valence-electron chi connectivity index (χ4n) is 3.21. The Hall–Kier alpha value is -1.56. The second-order valence-electron chi connectivity index (χ2n) is 5.75. The summed E-state index contributed by atoms with van der Waals surface area (Å²) in [6, 6.07) is 0.346. The normalized spacial score (nSPS) is 19.7. The van der Waals surface area contributed by atoms with Gasteiger partial charge >= 0.3 is 5.97 Å². The molecule has 0 spiro atoms. The average molecular weight is 295 g/mol. The van der Waals surface area contributed by atoms with E-state index in [2.05, 4.69) is 10.00 Å². The fourth-order valence-corrected chi connectivity index (χ4v) is 3.21. The van der Waals surface area contributed by atoms with Gasteiger partial charge in [-0.15, -0.1) is 0 Å². The molecule has 1 aromatic rings. The van der Waals surface area contributed by atoms with E-state index < -0.39 is 5.97 Å². The maximum absolute atomic E-state index is 10.8. The van der Waals surface area contributed by atoms with Gasteiger partial charge in [-0.1, -0.05) is 6.42 Å². The van der Waals surface area contributed by atoms with Crippen LogP contribution in [-0.2, 0) is 18.4 Å². The van der Waals surface area contributed by atoms with E-state index in [0.717, 1.165) is 43.1 Å². The summed E-state index contributed by atoms with van der Waals surface area (Å²) < 4.78 is 7.22. The minimum absolute atomic E-state index is 0.240. The lowest BCUT2D eigenvalue weighted by molar-refractivity contribution is -0.137. The van der Waals surface area contributed by atoms with E-state index in [9.17, 15) is 4.79 Å². The Balaban J connectivity index is 2.10. The lowest BCUT2D eigenvalue weighted by Crippen LogP contribution is -2.39. The first-order valence-electron chi connectivity index (χ1n) is 7.55. The van der Waals surface area contributed by atoms with Crippen molar-refractivity contribution < 1.29 is 14.6 Å². The van der Waals surface area contributed by atoms with Crippen LogP contribution in [0.5, 0.6) is 5.88 Å². The zero-order valence-corrected chi connectivity index (χ0v) is 13.1. The van der Waals surface area contributed by atoms with Gasteiger partial charge in [-0.05, 0) is 32.7 Å². The number of hydrogen-bond donors (Lipinski definition) is 1. The van der Waals surface area contributed by atoms with Crippen molar-refractivity contribution in [3.8, 4) is 5.88 Å². The van der Waals surface area contributed by atoms with Crippen LogP contribution >= 0.6 is 0 Å². The minimum Gasteiger partial charge on any atom is -0.481 e. The van der Waals surface area contributed by atoms with Crippen molar-refractivity contribution in [2.75, 3.05) is 13.7 Å². The Morgan fingerprint density at radius 3 is 2.90 bits per heavy atom.